The van der Waals surface area contributed by atoms with E-state index in [0.29, 0.717) is 5.56 Å². The molecule has 116 valence electrons. The van der Waals surface area contributed by atoms with Gasteiger partial charge in [0.25, 0.3) is 5.56 Å². The number of aromatic amines is 1. The lowest BCUT2D eigenvalue weighted by molar-refractivity contribution is -0.156. The first-order valence-electron chi connectivity index (χ1n) is 6.50. The number of hydrogen-bond donors (Lipinski definition) is 2. The van der Waals surface area contributed by atoms with Gasteiger partial charge in [0.15, 0.2) is 0 Å². The molecule has 1 fully saturated rings. The lowest BCUT2D eigenvalue weighted by Crippen LogP contribution is -2.39. The smallest absolute Gasteiger partial charge is 0.330 e. The Labute approximate surface area is 120 Å². The van der Waals surface area contributed by atoms with E-state index in [1.54, 1.807) is 13.8 Å². The van der Waals surface area contributed by atoms with E-state index < -0.39 is 35.0 Å². The molecule has 0 bridgehead atoms. The van der Waals surface area contributed by atoms with Crippen molar-refractivity contribution >= 4 is 5.97 Å². The van der Waals surface area contributed by atoms with E-state index in [2.05, 4.69) is 4.98 Å². The Hall–Kier alpha value is -1.93. The zero-order valence-electron chi connectivity index (χ0n) is 12.1. The van der Waals surface area contributed by atoms with Crippen LogP contribution in [0.5, 0.6) is 0 Å². The Balaban J connectivity index is 2.41. The zero-order valence-corrected chi connectivity index (χ0v) is 12.1. The number of hydrogen-bond acceptors (Lipinski definition) is 6. The van der Waals surface area contributed by atoms with Gasteiger partial charge in [0.05, 0.1) is 25.2 Å². The molecule has 8 nitrogen and oxygen atoms in total. The van der Waals surface area contributed by atoms with Crippen molar-refractivity contribution in [3.8, 4) is 0 Å². The number of carbonyl (C=O) groups is 1. The van der Waals surface area contributed by atoms with Gasteiger partial charge in [0.2, 0.25) is 0 Å². The number of H-pyrrole nitrogens is 1. The molecule has 0 amide bonds. The molecule has 8 heteroatoms. The first kappa shape index (κ1) is 15.5. The fourth-order valence-electron chi connectivity index (χ4n) is 2.54. The molecular weight excluding hydrogens is 280 g/mol. The first-order chi connectivity index (χ1) is 9.83. The molecule has 0 aliphatic carbocycles. The summed E-state index contributed by atoms with van der Waals surface area (Å²) in [5.41, 5.74) is -1.80. The molecule has 1 saturated heterocycles. The van der Waals surface area contributed by atoms with Crippen LogP contribution in [-0.4, -0.2) is 40.4 Å². The number of aryl methyl sites for hydroxylation is 1. The number of nitrogens with zero attached hydrogens (tertiary/aromatic N) is 1. The number of aromatic nitrogens is 2. The lowest BCUT2D eigenvalue weighted by atomic mass is 9.83. The van der Waals surface area contributed by atoms with Gasteiger partial charge in [-0.25, -0.2) is 4.79 Å². The van der Waals surface area contributed by atoms with E-state index in [1.165, 1.54) is 17.9 Å². The minimum Gasteiger partial charge on any atom is -0.469 e. The molecule has 1 aromatic rings. The molecule has 0 spiro atoms. The summed E-state index contributed by atoms with van der Waals surface area (Å²) in [7, 11) is 1.26. The van der Waals surface area contributed by atoms with Crippen molar-refractivity contribution in [2.75, 3.05) is 13.7 Å². The van der Waals surface area contributed by atoms with Crippen LogP contribution in [0.25, 0.3) is 0 Å². The van der Waals surface area contributed by atoms with Gasteiger partial charge in [-0.1, -0.05) is 0 Å². The topological polar surface area (TPSA) is 111 Å². The highest BCUT2D eigenvalue weighted by Gasteiger charge is 2.52. The summed E-state index contributed by atoms with van der Waals surface area (Å²) < 4.78 is 11.6. The Morgan fingerprint density at radius 3 is 2.86 bits per heavy atom. The van der Waals surface area contributed by atoms with Crippen molar-refractivity contribution in [3.63, 3.8) is 0 Å². The second-order valence-corrected chi connectivity index (χ2v) is 5.35. The first-order valence-corrected chi connectivity index (χ1v) is 6.50. The van der Waals surface area contributed by atoms with Gasteiger partial charge in [-0.2, -0.15) is 0 Å². The van der Waals surface area contributed by atoms with Crippen LogP contribution in [0, 0.1) is 12.3 Å². The number of aliphatic hydroxyl groups excluding tert-OH is 1. The van der Waals surface area contributed by atoms with Crippen LogP contribution in [-0.2, 0) is 14.3 Å². The Bertz CT molecular complexity index is 663. The molecule has 0 saturated carbocycles. The maximum atomic E-state index is 11.9. The Morgan fingerprint density at radius 2 is 2.29 bits per heavy atom. The maximum absolute atomic E-state index is 11.9. The summed E-state index contributed by atoms with van der Waals surface area (Å²) in [4.78, 5) is 37.4. The maximum Gasteiger partial charge on any atom is 0.330 e. The lowest BCUT2D eigenvalue weighted by Gasteiger charge is -2.24. The Morgan fingerprint density at radius 1 is 1.62 bits per heavy atom. The molecule has 0 unspecified atom stereocenters. The number of ether oxygens (including phenoxy) is 2. The summed E-state index contributed by atoms with van der Waals surface area (Å²) in [5, 5.41) is 9.40. The summed E-state index contributed by atoms with van der Waals surface area (Å²) in [6, 6.07) is 0. The number of carbonyl (C=O) groups excluding carboxylic acids is 1. The fraction of sp³-hybridized carbons (Fsp3) is 0.615. The van der Waals surface area contributed by atoms with Gasteiger partial charge in [0.1, 0.15) is 6.23 Å². The van der Waals surface area contributed by atoms with Crippen LogP contribution in [0.15, 0.2) is 15.8 Å². The zero-order chi connectivity index (χ0) is 15.8. The summed E-state index contributed by atoms with van der Waals surface area (Å²) in [6.45, 7) is 2.80. The fourth-order valence-corrected chi connectivity index (χ4v) is 2.54. The van der Waals surface area contributed by atoms with E-state index in [4.69, 9.17) is 9.47 Å². The third kappa shape index (κ3) is 2.52. The van der Waals surface area contributed by atoms with Crippen LogP contribution in [0.4, 0.5) is 0 Å². The highest BCUT2D eigenvalue weighted by molar-refractivity contribution is 5.77. The Kier molecular flexibility index (Phi) is 4.02. The van der Waals surface area contributed by atoms with E-state index in [9.17, 15) is 19.5 Å². The van der Waals surface area contributed by atoms with E-state index in [1.807, 2.05) is 0 Å². The number of methoxy groups -OCH3 is 1. The van der Waals surface area contributed by atoms with Crippen LogP contribution in [0.3, 0.4) is 0 Å². The molecule has 1 aliphatic heterocycles. The van der Waals surface area contributed by atoms with Crippen molar-refractivity contribution in [1.29, 1.82) is 0 Å². The third-order valence-corrected chi connectivity index (χ3v) is 3.90. The molecule has 0 aromatic carbocycles. The van der Waals surface area contributed by atoms with E-state index in [0.717, 1.165) is 0 Å². The molecule has 2 N–H and O–H groups in total. The van der Waals surface area contributed by atoms with Crippen LogP contribution in [0.1, 0.15) is 25.1 Å². The van der Waals surface area contributed by atoms with Crippen LogP contribution < -0.4 is 11.2 Å². The van der Waals surface area contributed by atoms with Crippen molar-refractivity contribution in [1.82, 2.24) is 9.55 Å². The number of rotatable bonds is 3. The molecule has 0 radical (unpaired) electrons. The normalized spacial score (nSPS) is 28.6. The van der Waals surface area contributed by atoms with Crippen molar-refractivity contribution in [3.05, 3.63) is 32.6 Å². The quantitative estimate of drug-likeness (QED) is 0.714. The molecule has 1 aromatic heterocycles. The monoisotopic (exact) mass is 298 g/mol. The van der Waals surface area contributed by atoms with Crippen molar-refractivity contribution in [2.45, 2.75) is 32.6 Å². The summed E-state index contributed by atoms with van der Waals surface area (Å²) >= 11 is 0. The minimum atomic E-state index is -1.06. The van der Waals surface area contributed by atoms with Gasteiger partial charge >= 0.3 is 11.7 Å². The van der Waals surface area contributed by atoms with Crippen molar-refractivity contribution in [2.24, 2.45) is 5.41 Å². The van der Waals surface area contributed by atoms with Gasteiger partial charge in [-0.15, -0.1) is 0 Å². The SMILES string of the molecule is COC(=O)[C@@]1(C)C[C@@H](n2cc(C)c(=O)[nH]c2=O)O[C@@H]1CO. The second-order valence-electron chi connectivity index (χ2n) is 5.35. The summed E-state index contributed by atoms with van der Waals surface area (Å²) in [6.07, 6.45) is 0.00271. The third-order valence-electron chi connectivity index (χ3n) is 3.90. The molecule has 3 atom stereocenters. The van der Waals surface area contributed by atoms with E-state index in [-0.39, 0.29) is 13.0 Å². The summed E-state index contributed by atoms with van der Waals surface area (Å²) in [5.74, 6) is -0.516. The molecule has 2 heterocycles. The highest BCUT2D eigenvalue weighted by atomic mass is 16.5. The predicted octanol–water partition coefficient (Wildman–Crippen LogP) is -0.696. The average molecular weight is 298 g/mol. The van der Waals surface area contributed by atoms with Crippen LogP contribution >= 0.6 is 0 Å². The van der Waals surface area contributed by atoms with Gasteiger partial charge in [-0.3, -0.25) is 19.1 Å². The average Bonchev–Trinajstić information content (AvgIpc) is 2.80. The number of esters is 1. The van der Waals surface area contributed by atoms with Gasteiger partial charge < -0.3 is 14.6 Å². The molecule has 2 rings (SSSR count). The largest absolute Gasteiger partial charge is 0.469 e. The minimum absolute atomic E-state index is 0.163. The van der Waals surface area contributed by atoms with Crippen molar-refractivity contribution < 1.29 is 19.4 Å². The number of aliphatic hydroxyl groups is 1. The molecule has 21 heavy (non-hydrogen) atoms. The number of nitrogens with one attached hydrogen (secondary N) is 1. The van der Waals surface area contributed by atoms with Crippen LogP contribution in [0.2, 0.25) is 0 Å². The highest BCUT2D eigenvalue weighted by Crippen LogP contribution is 2.43. The van der Waals surface area contributed by atoms with E-state index >= 15 is 0 Å². The predicted molar refractivity (Wildman–Crippen MR) is 71.8 cm³/mol. The van der Waals surface area contributed by atoms with Gasteiger partial charge in [0, 0.05) is 18.2 Å². The van der Waals surface area contributed by atoms with Gasteiger partial charge in [-0.05, 0) is 13.8 Å². The second kappa shape index (κ2) is 5.45. The molecule has 1 aliphatic rings. The molecular formula is C13H18N2O6. The standard InChI is InChI=1S/C13H18N2O6/c1-7-5-15(12(19)14-10(7)17)9-4-13(2,11(18)20-3)8(6-16)21-9/h5,8-9,16H,4,6H2,1-3H3,(H,14,17,19)/t8-,9+,13+/m1/s1.